The largest absolute Gasteiger partial charge is 0.480 e. The van der Waals surface area contributed by atoms with Gasteiger partial charge < -0.3 is 15.3 Å². The third kappa shape index (κ3) is 3.97. The number of fused-ring (bicyclic) bond motifs is 1. The summed E-state index contributed by atoms with van der Waals surface area (Å²) in [6.45, 7) is 3.16. The summed E-state index contributed by atoms with van der Waals surface area (Å²) < 4.78 is 0. The third-order valence-corrected chi connectivity index (χ3v) is 3.88. The fraction of sp³-hybridized carbons (Fsp3) is 0.500. The number of aliphatic carboxylic acids is 1. The highest BCUT2D eigenvalue weighted by Crippen LogP contribution is 2.15. The summed E-state index contributed by atoms with van der Waals surface area (Å²) in [4.78, 5) is 25.1. The molecule has 1 atom stereocenters. The van der Waals surface area contributed by atoms with E-state index in [1.165, 1.54) is 11.1 Å². The number of nitrogens with zero attached hydrogens (tertiary/aromatic N) is 1. The summed E-state index contributed by atoms with van der Waals surface area (Å²) in [5, 5.41) is 11.7. The molecule has 0 unspecified atom stereocenters. The van der Waals surface area contributed by atoms with Crippen LogP contribution in [0.15, 0.2) is 24.3 Å². The number of hydrogen-bond acceptors (Lipinski definition) is 2. The first-order valence-corrected chi connectivity index (χ1v) is 7.47. The predicted molar refractivity (Wildman–Crippen MR) is 80.3 cm³/mol. The van der Waals surface area contributed by atoms with E-state index in [2.05, 4.69) is 17.4 Å². The molecule has 0 aromatic heterocycles. The predicted octanol–water partition coefficient (Wildman–Crippen LogP) is 2.05. The fourth-order valence-electron chi connectivity index (χ4n) is 2.66. The Kier molecular flexibility index (Phi) is 5.20. The van der Waals surface area contributed by atoms with Crippen molar-refractivity contribution < 1.29 is 14.7 Å². The lowest BCUT2D eigenvalue weighted by atomic mass is 10.0. The third-order valence-electron chi connectivity index (χ3n) is 3.88. The molecular weight excluding hydrogens is 268 g/mol. The first kappa shape index (κ1) is 15.4. The molecule has 1 aliphatic heterocycles. The number of carboxylic acids is 1. The van der Waals surface area contributed by atoms with Crippen LogP contribution in [0.25, 0.3) is 0 Å². The molecule has 0 radical (unpaired) electrons. The van der Waals surface area contributed by atoms with Crippen LogP contribution in [-0.4, -0.2) is 41.1 Å². The lowest BCUT2D eigenvalue weighted by molar-refractivity contribution is -0.139. The average molecular weight is 290 g/mol. The first-order chi connectivity index (χ1) is 10.1. The van der Waals surface area contributed by atoms with E-state index >= 15 is 0 Å². The molecule has 5 heteroatoms. The van der Waals surface area contributed by atoms with Crippen LogP contribution in [0.1, 0.15) is 30.9 Å². The Labute approximate surface area is 125 Å². The normalized spacial score (nSPS) is 15.8. The molecule has 0 spiro atoms. The Morgan fingerprint density at radius 3 is 2.29 bits per heavy atom. The second-order valence-electron chi connectivity index (χ2n) is 5.38. The number of carbonyl (C=O) groups excluding carboxylic acids is 1. The quantitative estimate of drug-likeness (QED) is 0.891. The van der Waals surface area contributed by atoms with E-state index < -0.39 is 12.0 Å². The molecule has 2 amide bonds. The maximum absolute atomic E-state index is 12.2. The molecule has 0 aliphatic carbocycles. The molecule has 1 heterocycles. The molecule has 2 rings (SSSR count). The number of rotatable bonds is 4. The Morgan fingerprint density at radius 1 is 1.24 bits per heavy atom. The Balaban J connectivity index is 1.97. The second-order valence-corrected chi connectivity index (χ2v) is 5.38. The van der Waals surface area contributed by atoms with Gasteiger partial charge in [0.05, 0.1) is 0 Å². The van der Waals surface area contributed by atoms with Gasteiger partial charge in [0.25, 0.3) is 0 Å². The first-order valence-electron chi connectivity index (χ1n) is 7.47. The summed E-state index contributed by atoms with van der Waals surface area (Å²) >= 11 is 0. The summed E-state index contributed by atoms with van der Waals surface area (Å²) in [7, 11) is 0. The molecular formula is C16H22N2O3. The van der Waals surface area contributed by atoms with Gasteiger partial charge in [0.1, 0.15) is 6.04 Å². The molecule has 1 aromatic rings. The van der Waals surface area contributed by atoms with Crippen molar-refractivity contribution >= 4 is 12.0 Å². The molecule has 0 saturated heterocycles. The highest BCUT2D eigenvalue weighted by atomic mass is 16.4. The van der Waals surface area contributed by atoms with Crippen LogP contribution in [0.5, 0.6) is 0 Å². The van der Waals surface area contributed by atoms with E-state index in [9.17, 15) is 9.59 Å². The Hall–Kier alpha value is -2.04. The van der Waals surface area contributed by atoms with E-state index in [0.29, 0.717) is 19.5 Å². The number of benzene rings is 1. The number of hydrogen-bond donors (Lipinski definition) is 2. The molecule has 0 bridgehead atoms. The molecule has 5 nitrogen and oxygen atoms in total. The zero-order valence-corrected chi connectivity index (χ0v) is 12.3. The topological polar surface area (TPSA) is 69.6 Å². The van der Waals surface area contributed by atoms with Gasteiger partial charge in [-0.25, -0.2) is 9.59 Å². The van der Waals surface area contributed by atoms with Crippen LogP contribution in [0.2, 0.25) is 0 Å². The summed E-state index contributed by atoms with van der Waals surface area (Å²) in [6, 6.07) is 7.13. The molecule has 21 heavy (non-hydrogen) atoms. The van der Waals surface area contributed by atoms with Crippen molar-refractivity contribution in [3.8, 4) is 0 Å². The fourth-order valence-corrected chi connectivity index (χ4v) is 2.66. The average Bonchev–Trinajstić information content (AvgIpc) is 2.69. The number of amides is 2. The van der Waals surface area contributed by atoms with Crippen molar-refractivity contribution in [2.45, 2.75) is 38.6 Å². The highest BCUT2D eigenvalue weighted by Gasteiger charge is 2.23. The molecule has 2 N–H and O–H groups in total. The number of urea groups is 1. The molecule has 1 aromatic carbocycles. The van der Waals surface area contributed by atoms with Crippen molar-refractivity contribution in [3.05, 3.63) is 35.4 Å². The Morgan fingerprint density at radius 2 is 1.81 bits per heavy atom. The zero-order valence-electron chi connectivity index (χ0n) is 12.3. The molecule has 114 valence electrons. The second kappa shape index (κ2) is 7.11. The SMILES string of the molecule is CCC[C@@H](NC(=O)N1CCc2ccccc2CC1)C(=O)O. The van der Waals surface area contributed by atoms with Crippen LogP contribution in [-0.2, 0) is 17.6 Å². The number of carbonyl (C=O) groups is 2. The molecule has 0 fully saturated rings. The number of carboxylic acid groups (broad SMARTS) is 1. The van der Waals surface area contributed by atoms with Crippen molar-refractivity contribution in [2.24, 2.45) is 0 Å². The van der Waals surface area contributed by atoms with Gasteiger partial charge in [-0.15, -0.1) is 0 Å². The van der Waals surface area contributed by atoms with Gasteiger partial charge in [0.2, 0.25) is 0 Å². The van der Waals surface area contributed by atoms with Crippen molar-refractivity contribution in [1.29, 1.82) is 0 Å². The van der Waals surface area contributed by atoms with Gasteiger partial charge in [-0.1, -0.05) is 37.6 Å². The zero-order chi connectivity index (χ0) is 15.2. The number of nitrogens with one attached hydrogen (secondary N) is 1. The van der Waals surface area contributed by atoms with Crippen LogP contribution in [0.4, 0.5) is 4.79 Å². The lowest BCUT2D eigenvalue weighted by Gasteiger charge is -2.23. The van der Waals surface area contributed by atoms with Crippen LogP contribution >= 0.6 is 0 Å². The van der Waals surface area contributed by atoms with Gasteiger partial charge in [0.15, 0.2) is 0 Å². The van der Waals surface area contributed by atoms with Gasteiger partial charge in [-0.05, 0) is 30.4 Å². The minimum atomic E-state index is -0.969. The van der Waals surface area contributed by atoms with Crippen molar-refractivity contribution in [1.82, 2.24) is 10.2 Å². The molecule has 0 saturated carbocycles. The Bertz CT molecular complexity index is 489. The minimum Gasteiger partial charge on any atom is -0.480 e. The van der Waals surface area contributed by atoms with E-state index in [1.54, 1.807) is 4.90 Å². The lowest BCUT2D eigenvalue weighted by Crippen LogP contribution is -2.48. The monoisotopic (exact) mass is 290 g/mol. The smallest absolute Gasteiger partial charge is 0.326 e. The van der Waals surface area contributed by atoms with Crippen LogP contribution in [0.3, 0.4) is 0 Å². The van der Waals surface area contributed by atoms with E-state index in [1.807, 2.05) is 19.1 Å². The maximum Gasteiger partial charge on any atom is 0.326 e. The highest BCUT2D eigenvalue weighted by molar-refractivity contribution is 5.82. The summed E-state index contributed by atoms with van der Waals surface area (Å²) in [5.74, 6) is -0.969. The van der Waals surface area contributed by atoms with Crippen molar-refractivity contribution in [2.75, 3.05) is 13.1 Å². The van der Waals surface area contributed by atoms with E-state index in [-0.39, 0.29) is 6.03 Å². The van der Waals surface area contributed by atoms with Gasteiger partial charge in [0, 0.05) is 13.1 Å². The standard InChI is InChI=1S/C16H22N2O3/c1-2-5-14(15(19)20)17-16(21)18-10-8-12-6-3-4-7-13(12)9-11-18/h3-4,6-7,14H,2,5,8-11H2,1H3,(H,17,21)(H,19,20)/t14-/m1/s1. The maximum atomic E-state index is 12.2. The summed E-state index contributed by atoms with van der Waals surface area (Å²) in [6.07, 6.45) is 2.81. The summed E-state index contributed by atoms with van der Waals surface area (Å²) in [5.41, 5.74) is 2.55. The van der Waals surface area contributed by atoms with Crippen LogP contribution in [0, 0.1) is 0 Å². The van der Waals surface area contributed by atoms with Crippen LogP contribution < -0.4 is 5.32 Å². The van der Waals surface area contributed by atoms with Gasteiger partial charge >= 0.3 is 12.0 Å². The van der Waals surface area contributed by atoms with Gasteiger partial charge in [-0.3, -0.25) is 0 Å². The van der Waals surface area contributed by atoms with E-state index in [4.69, 9.17) is 5.11 Å². The van der Waals surface area contributed by atoms with Crippen molar-refractivity contribution in [3.63, 3.8) is 0 Å². The molecule has 1 aliphatic rings. The minimum absolute atomic E-state index is 0.274. The van der Waals surface area contributed by atoms with Gasteiger partial charge in [-0.2, -0.15) is 0 Å². The van der Waals surface area contributed by atoms with E-state index in [0.717, 1.165) is 19.3 Å².